The third-order valence-electron chi connectivity index (χ3n) is 5.32. The van der Waals surface area contributed by atoms with Gasteiger partial charge in [0, 0.05) is 49.7 Å². The summed E-state index contributed by atoms with van der Waals surface area (Å²) in [6, 6.07) is 8.04. The minimum Gasteiger partial charge on any atom is -0.465 e. The maximum Gasteiger partial charge on any atom is 0.350 e. The monoisotopic (exact) mass is 507 g/mol. The Hall–Kier alpha value is -3.63. The van der Waals surface area contributed by atoms with Crippen molar-refractivity contribution < 1.29 is 9.53 Å². The number of benzene rings is 1. The number of aryl methyl sites for hydroxylation is 1. The van der Waals surface area contributed by atoms with E-state index in [1.54, 1.807) is 19.4 Å². The van der Waals surface area contributed by atoms with Crippen LogP contribution in [0.1, 0.15) is 52.3 Å². The van der Waals surface area contributed by atoms with E-state index in [0.29, 0.717) is 35.3 Å². The lowest BCUT2D eigenvalue weighted by Gasteiger charge is -2.13. The van der Waals surface area contributed by atoms with E-state index in [4.69, 9.17) is 15.1 Å². The molecule has 0 aliphatic carbocycles. The van der Waals surface area contributed by atoms with Crippen molar-refractivity contribution >= 4 is 29.5 Å². The molecule has 1 aromatic carbocycles. The largest absolute Gasteiger partial charge is 0.465 e. The van der Waals surface area contributed by atoms with Crippen molar-refractivity contribution in [3.8, 4) is 11.3 Å². The highest BCUT2D eigenvalue weighted by Gasteiger charge is 2.25. The number of thiazole rings is 1. The number of allylic oxidation sites excluding steroid dienone is 1. The summed E-state index contributed by atoms with van der Waals surface area (Å²) >= 11 is 1.39. The lowest BCUT2D eigenvalue weighted by atomic mass is 9.98. The van der Waals surface area contributed by atoms with E-state index in [1.807, 2.05) is 12.1 Å². The topological polar surface area (TPSA) is 125 Å². The van der Waals surface area contributed by atoms with Gasteiger partial charge in [-0.05, 0) is 30.2 Å². The van der Waals surface area contributed by atoms with E-state index in [9.17, 15) is 4.79 Å². The second-order valence-electron chi connectivity index (χ2n) is 9.20. The standard InChI is InChI=1S/C26H33N7O2S/c1-16-11-17(20-9-10-30-25(33-20)31-19(12-27)14-28-5)7-8-18(16)13-29-15-21-22(23(34)35-6)36-24(32-21)26(2,3)4/h7-12,14,27-29H,13,15H2,1-6H3,(H,30,31,33)/b19-14+,27-12?. The number of nitrogens with zero attached hydrogens (tertiary/aromatic N) is 3. The van der Waals surface area contributed by atoms with Gasteiger partial charge >= 0.3 is 5.97 Å². The van der Waals surface area contributed by atoms with Gasteiger partial charge in [-0.25, -0.2) is 19.7 Å². The van der Waals surface area contributed by atoms with Gasteiger partial charge in [0.05, 0.1) is 29.2 Å². The fourth-order valence-electron chi connectivity index (χ4n) is 3.39. The minimum absolute atomic E-state index is 0.140. The van der Waals surface area contributed by atoms with E-state index in [-0.39, 0.29) is 11.4 Å². The maximum absolute atomic E-state index is 12.3. The Bertz CT molecular complexity index is 1260. The summed E-state index contributed by atoms with van der Waals surface area (Å²) in [5, 5.41) is 17.7. The first-order chi connectivity index (χ1) is 17.2. The zero-order valence-electron chi connectivity index (χ0n) is 21.5. The van der Waals surface area contributed by atoms with Gasteiger partial charge in [-0.2, -0.15) is 0 Å². The summed E-state index contributed by atoms with van der Waals surface area (Å²) in [4.78, 5) is 26.3. The van der Waals surface area contributed by atoms with Gasteiger partial charge in [0.2, 0.25) is 5.95 Å². The average molecular weight is 508 g/mol. The molecule has 0 saturated carbocycles. The van der Waals surface area contributed by atoms with Crippen molar-refractivity contribution in [1.29, 1.82) is 5.41 Å². The second kappa shape index (κ2) is 11.9. The number of carbonyl (C=O) groups is 1. The predicted octanol–water partition coefficient (Wildman–Crippen LogP) is 4.40. The number of methoxy groups -OCH3 is 1. The average Bonchev–Trinajstić information content (AvgIpc) is 3.29. The van der Waals surface area contributed by atoms with E-state index in [2.05, 4.69) is 65.7 Å². The van der Waals surface area contributed by atoms with Crippen LogP contribution < -0.4 is 16.0 Å². The highest BCUT2D eigenvalue weighted by molar-refractivity contribution is 7.13. The second-order valence-corrected chi connectivity index (χ2v) is 10.2. The van der Waals surface area contributed by atoms with Crippen LogP contribution in [0.5, 0.6) is 0 Å². The van der Waals surface area contributed by atoms with Crippen LogP contribution in [-0.4, -0.2) is 41.3 Å². The Labute approximate surface area is 216 Å². The molecule has 190 valence electrons. The van der Waals surface area contributed by atoms with Gasteiger partial charge in [0.15, 0.2) is 0 Å². The number of aromatic nitrogens is 3. The third kappa shape index (κ3) is 6.73. The van der Waals surface area contributed by atoms with Gasteiger partial charge in [0.1, 0.15) is 4.88 Å². The van der Waals surface area contributed by atoms with Crippen LogP contribution in [0.4, 0.5) is 5.95 Å². The minimum atomic E-state index is -0.353. The number of rotatable bonds is 10. The lowest BCUT2D eigenvalue weighted by Crippen LogP contribution is -2.17. The summed E-state index contributed by atoms with van der Waals surface area (Å²) in [6.07, 6.45) is 4.55. The molecule has 0 fully saturated rings. The Morgan fingerprint density at radius 3 is 2.61 bits per heavy atom. The highest BCUT2D eigenvalue weighted by Crippen LogP contribution is 2.30. The van der Waals surface area contributed by atoms with Gasteiger partial charge in [-0.1, -0.05) is 32.9 Å². The van der Waals surface area contributed by atoms with Crippen LogP contribution in [0.25, 0.3) is 11.3 Å². The Kier molecular flexibility index (Phi) is 8.89. The number of ether oxygens (including phenoxy) is 1. The first-order valence-electron chi connectivity index (χ1n) is 11.5. The third-order valence-corrected chi connectivity index (χ3v) is 6.83. The molecule has 0 bridgehead atoms. The Balaban J connectivity index is 1.71. The number of hydrogen-bond acceptors (Lipinski definition) is 10. The molecule has 0 amide bonds. The first-order valence-corrected chi connectivity index (χ1v) is 12.3. The Morgan fingerprint density at radius 2 is 1.97 bits per heavy atom. The summed E-state index contributed by atoms with van der Waals surface area (Å²) in [5.41, 5.74) is 5.13. The fraction of sp³-hybridized carbons (Fsp3) is 0.346. The van der Waals surface area contributed by atoms with Crippen molar-refractivity contribution in [3.05, 3.63) is 69.1 Å². The molecule has 3 aromatic rings. The van der Waals surface area contributed by atoms with Crippen molar-refractivity contribution in [2.75, 3.05) is 19.5 Å². The molecule has 2 heterocycles. The smallest absolute Gasteiger partial charge is 0.350 e. The summed E-state index contributed by atoms with van der Waals surface area (Å²) < 4.78 is 4.96. The molecule has 0 radical (unpaired) electrons. The van der Waals surface area contributed by atoms with Crippen molar-refractivity contribution in [1.82, 2.24) is 25.6 Å². The molecule has 0 aliphatic heterocycles. The number of anilines is 1. The summed E-state index contributed by atoms with van der Waals surface area (Å²) in [6.45, 7) is 9.40. The van der Waals surface area contributed by atoms with Crippen LogP contribution in [0.15, 0.2) is 42.4 Å². The van der Waals surface area contributed by atoms with Crippen LogP contribution in [0, 0.1) is 12.3 Å². The van der Waals surface area contributed by atoms with Crippen molar-refractivity contribution in [3.63, 3.8) is 0 Å². The summed E-state index contributed by atoms with van der Waals surface area (Å²) in [5.74, 6) is 0.0634. The number of carbonyl (C=O) groups excluding carboxylic acids is 1. The predicted molar refractivity (Wildman–Crippen MR) is 144 cm³/mol. The molecule has 3 rings (SSSR count). The summed E-state index contributed by atoms with van der Waals surface area (Å²) in [7, 11) is 3.16. The van der Waals surface area contributed by atoms with Crippen LogP contribution in [0.3, 0.4) is 0 Å². The van der Waals surface area contributed by atoms with Gasteiger partial charge in [-0.15, -0.1) is 11.3 Å². The molecule has 36 heavy (non-hydrogen) atoms. The van der Waals surface area contributed by atoms with E-state index in [1.165, 1.54) is 24.7 Å². The van der Waals surface area contributed by atoms with Crippen molar-refractivity contribution in [2.24, 2.45) is 0 Å². The normalized spacial score (nSPS) is 11.8. The molecule has 0 atom stereocenters. The highest BCUT2D eigenvalue weighted by atomic mass is 32.1. The number of hydrogen-bond donors (Lipinski definition) is 4. The van der Waals surface area contributed by atoms with Crippen molar-refractivity contribution in [2.45, 2.75) is 46.2 Å². The number of nitrogens with one attached hydrogen (secondary N) is 4. The zero-order valence-corrected chi connectivity index (χ0v) is 22.3. The van der Waals surface area contributed by atoms with Gasteiger partial charge < -0.3 is 26.1 Å². The molecule has 0 aliphatic rings. The first kappa shape index (κ1) is 27.0. The quantitative estimate of drug-likeness (QED) is 0.235. The molecule has 10 heteroatoms. The molecule has 2 aromatic heterocycles. The number of esters is 1. The van der Waals surface area contributed by atoms with Crippen LogP contribution >= 0.6 is 11.3 Å². The SMILES string of the molecule is CN/C=C(\C=N)Nc1nccc(-c2ccc(CNCc3nc(C(C)(C)C)sc3C(=O)OC)c(C)c2)n1. The molecular weight excluding hydrogens is 474 g/mol. The molecule has 4 N–H and O–H groups in total. The van der Waals surface area contributed by atoms with Gasteiger partial charge in [0.25, 0.3) is 0 Å². The Morgan fingerprint density at radius 1 is 1.19 bits per heavy atom. The molecule has 0 spiro atoms. The van der Waals surface area contributed by atoms with E-state index in [0.717, 1.165) is 27.4 Å². The van der Waals surface area contributed by atoms with Crippen LogP contribution in [-0.2, 0) is 23.2 Å². The van der Waals surface area contributed by atoms with E-state index >= 15 is 0 Å². The van der Waals surface area contributed by atoms with Gasteiger partial charge in [-0.3, -0.25) is 0 Å². The molecular formula is C26H33N7O2S. The fourth-order valence-corrected chi connectivity index (χ4v) is 4.45. The molecule has 0 saturated heterocycles. The lowest BCUT2D eigenvalue weighted by molar-refractivity contribution is 0.0604. The van der Waals surface area contributed by atoms with Crippen LogP contribution in [0.2, 0.25) is 0 Å². The molecule has 0 unspecified atom stereocenters. The zero-order chi connectivity index (χ0) is 26.3. The molecule has 9 nitrogen and oxygen atoms in total. The maximum atomic E-state index is 12.3. The van der Waals surface area contributed by atoms with E-state index < -0.39 is 0 Å².